The number of nitrogen functional groups attached to an aromatic ring is 1. The van der Waals surface area contributed by atoms with Crippen LogP contribution in [-0.4, -0.2) is 27.0 Å². The normalized spacial score (nSPS) is 10.7. The fraction of sp³-hybridized carbons (Fsp3) is 0.185. The first-order valence-corrected chi connectivity index (χ1v) is 11.4. The van der Waals surface area contributed by atoms with E-state index in [-0.39, 0.29) is 24.6 Å². The summed E-state index contributed by atoms with van der Waals surface area (Å²) in [6.07, 6.45) is 2.30. The molecule has 4 aromatic rings. The third-order valence-corrected chi connectivity index (χ3v) is 5.65. The molecule has 0 atom stereocenters. The van der Waals surface area contributed by atoms with E-state index in [0.29, 0.717) is 23.9 Å². The van der Waals surface area contributed by atoms with Crippen LogP contribution in [0.1, 0.15) is 16.8 Å². The van der Waals surface area contributed by atoms with Crippen LogP contribution < -0.4 is 21.9 Å². The van der Waals surface area contributed by atoms with Crippen LogP contribution in [0.25, 0.3) is 11.4 Å². The van der Waals surface area contributed by atoms with Crippen molar-refractivity contribution in [3.8, 4) is 11.4 Å². The maximum atomic E-state index is 13.4. The Morgan fingerprint density at radius 3 is 2.43 bits per heavy atom. The average Bonchev–Trinajstić information content (AvgIpc) is 2.87. The number of carbonyl (C=O) groups excluding carboxylic acids is 1. The molecule has 0 aliphatic rings. The number of nitrogens with two attached hydrogens (primary N) is 1. The molecule has 2 aromatic heterocycles. The molecule has 0 saturated heterocycles. The van der Waals surface area contributed by atoms with Crippen LogP contribution in [0.15, 0.2) is 83.8 Å². The Bertz CT molecular complexity index is 1350. The average molecular weight is 469 g/mol. The topological polar surface area (TPSA) is 115 Å². The molecule has 4 rings (SSSR count). The number of aromatic nitrogens is 3. The number of nitrogens with zero attached hydrogens (tertiary/aromatic N) is 3. The molecule has 2 heterocycles. The number of anilines is 2. The molecule has 8 heteroatoms. The van der Waals surface area contributed by atoms with E-state index in [4.69, 9.17) is 5.73 Å². The molecule has 0 spiro atoms. The highest BCUT2D eigenvalue weighted by atomic mass is 16.2. The molecule has 8 nitrogen and oxygen atoms in total. The lowest BCUT2D eigenvalue weighted by Gasteiger charge is -2.15. The number of benzene rings is 2. The molecule has 0 saturated carbocycles. The summed E-state index contributed by atoms with van der Waals surface area (Å²) >= 11 is 0. The van der Waals surface area contributed by atoms with Gasteiger partial charge in [-0.25, -0.2) is 9.97 Å². The molecule has 0 radical (unpaired) electrons. The fourth-order valence-electron chi connectivity index (χ4n) is 3.75. The smallest absolute Gasteiger partial charge is 0.277 e. The summed E-state index contributed by atoms with van der Waals surface area (Å²) in [6, 6.07) is 22.9. The Balaban J connectivity index is 1.53. The number of amides is 1. The Labute approximate surface area is 203 Å². The number of hydrogen-bond acceptors (Lipinski definition) is 6. The monoisotopic (exact) mass is 468 g/mol. The minimum atomic E-state index is -0.302. The standard InChI is InChI=1S/C27H28N6O2/c1-19-22(12-13-24(28)32-19)16-30-25(34)18-33-26(21-10-6-3-7-11-21)31-17-23(27(33)35)29-15-14-20-8-4-2-5-9-20/h2-13,17,29H,14-16,18H2,1H3,(H2,28,32)(H,30,34). The largest absolute Gasteiger partial charge is 0.384 e. The van der Waals surface area contributed by atoms with Gasteiger partial charge < -0.3 is 16.4 Å². The first-order valence-electron chi connectivity index (χ1n) is 11.4. The lowest BCUT2D eigenvalue weighted by atomic mass is 10.1. The zero-order valence-corrected chi connectivity index (χ0v) is 19.6. The summed E-state index contributed by atoms with van der Waals surface area (Å²) in [5.74, 6) is 0.563. The van der Waals surface area contributed by atoms with Gasteiger partial charge in [-0.2, -0.15) is 0 Å². The van der Waals surface area contributed by atoms with Crippen LogP contribution in [0.4, 0.5) is 11.5 Å². The van der Waals surface area contributed by atoms with Gasteiger partial charge in [0.25, 0.3) is 5.56 Å². The highest BCUT2D eigenvalue weighted by Gasteiger charge is 2.15. The highest BCUT2D eigenvalue weighted by Crippen LogP contribution is 2.16. The van der Waals surface area contributed by atoms with E-state index in [0.717, 1.165) is 23.2 Å². The summed E-state index contributed by atoms with van der Waals surface area (Å²) in [4.78, 5) is 35.0. The maximum Gasteiger partial charge on any atom is 0.277 e. The Hall–Kier alpha value is -4.46. The third-order valence-electron chi connectivity index (χ3n) is 5.65. The molecule has 2 aromatic carbocycles. The molecule has 4 N–H and O–H groups in total. The van der Waals surface area contributed by atoms with Crippen molar-refractivity contribution in [2.75, 3.05) is 17.6 Å². The van der Waals surface area contributed by atoms with Gasteiger partial charge in [-0.3, -0.25) is 14.2 Å². The predicted molar refractivity (Wildman–Crippen MR) is 138 cm³/mol. The lowest BCUT2D eigenvalue weighted by Crippen LogP contribution is -2.34. The van der Waals surface area contributed by atoms with Crippen LogP contribution in [0.3, 0.4) is 0 Å². The van der Waals surface area contributed by atoms with E-state index in [1.165, 1.54) is 16.3 Å². The minimum Gasteiger partial charge on any atom is -0.384 e. The Morgan fingerprint density at radius 2 is 1.71 bits per heavy atom. The number of hydrogen-bond donors (Lipinski definition) is 3. The van der Waals surface area contributed by atoms with Gasteiger partial charge in [-0.05, 0) is 30.5 Å². The summed E-state index contributed by atoms with van der Waals surface area (Å²) in [6.45, 7) is 2.53. The Kier molecular flexibility index (Phi) is 7.52. The van der Waals surface area contributed by atoms with Crippen molar-refractivity contribution in [3.63, 3.8) is 0 Å². The zero-order valence-electron chi connectivity index (χ0n) is 19.6. The van der Waals surface area contributed by atoms with Gasteiger partial charge in [-0.15, -0.1) is 0 Å². The van der Waals surface area contributed by atoms with E-state index in [2.05, 4.69) is 20.6 Å². The summed E-state index contributed by atoms with van der Waals surface area (Å²) in [5.41, 5.74) is 9.29. The molecule has 0 bridgehead atoms. The number of carbonyl (C=O) groups is 1. The van der Waals surface area contributed by atoms with Gasteiger partial charge in [0.2, 0.25) is 5.91 Å². The fourth-order valence-corrected chi connectivity index (χ4v) is 3.75. The summed E-state index contributed by atoms with van der Waals surface area (Å²) < 4.78 is 1.41. The van der Waals surface area contributed by atoms with Crippen LogP contribution >= 0.6 is 0 Å². The predicted octanol–water partition coefficient (Wildman–Crippen LogP) is 3.17. The molecular weight excluding hydrogens is 440 g/mol. The number of pyridine rings is 1. The molecule has 0 aliphatic heterocycles. The number of nitrogens with one attached hydrogen (secondary N) is 2. The molecular formula is C27H28N6O2. The second kappa shape index (κ2) is 11.1. The first-order chi connectivity index (χ1) is 17.0. The lowest BCUT2D eigenvalue weighted by molar-refractivity contribution is -0.121. The van der Waals surface area contributed by atoms with Crippen LogP contribution in [0.2, 0.25) is 0 Å². The van der Waals surface area contributed by atoms with E-state index in [1.807, 2.05) is 73.7 Å². The van der Waals surface area contributed by atoms with Crippen molar-refractivity contribution in [2.45, 2.75) is 26.4 Å². The molecule has 178 valence electrons. The zero-order chi connectivity index (χ0) is 24.6. The van der Waals surface area contributed by atoms with Crippen molar-refractivity contribution in [1.29, 1.82) is 0 Å². The van der Waals surface area contributed by atoms with Gasteiger partial charge in [0.1, 0.15) is 23.9 Å². The van der Waals surface area contributed by atoms with Crippen molar-refractivity contribution >= 4 is 17.4 Å². The second-order valence-corrected chi connectivity index (χ2v) is 8.17. The summed E-state index contributed by atoms with van der Waals surface area (Å²) in [5, 5.41) is 6.05. The van der Waals surface area contributed by atoms with Gasteiger partial charge in [0, 0.05) is 24.3 Å². The minimum absolute atomic E-state index is 0.161. The molecule has 1 amide bonds. The van der Waals surface area contributed by atoms with Crippen LogP contribution in [0, 0.1) is 6.92 Å². The molecule has 0 aliphatic carbocycles. The van der Waals surface area contributed by atoms with Crippen LogP contribution in [0.5, 0.6) is 0 Å². The number of rotatable bonds is 9. The van der Waals surface area contributed by atoms with Gasteiger partial charge in [-0.1, -0.05) is 66.7 Å². The van der Waals surface area contributed by atoms with Crippen molar-refractivity contribution in [2.24, 2.45) is 0 Å². The van der Waals surface area contributed by atoms with E-state index in [1.54, 1.807) is 6.07 Å². The molecule has 0 unspecified atom stereocenters. The first kappa shape index (κ1) is 23.7. The van der Waals surface area contributed by atoms with Crippen molar-refractivity contribution < 1.29 is 4.79 Å². The van der Waals surface area contributed by atoms with E-state index in [9.17, 15) is 9.59 Å². The van der Waals surface area contributed by atoms with Gasteiger partial charge in [0.15, 0.2) is 0 Å². The van der Waals surface area contributed by atoms with Crippen molar-refractivity contribution in [3.05, 3.63) is 106 Å². The molecule has 35 heavy (non-hydrogen) atoms. The third kappa shape index (κ3) is 6.11. The second-order valence-electron chi connectivity index (χ2n) is 8.17. The summed E-state index contributed by atoms with van der Waals surface area (Å²) in [7, 11) is 0. The van der Waals surface area contributed by atoms with E-state index < -0.39 is 0 Å². The van der Waals surface area contributed by atoms with Gasteiger partial charge >= 0.3 is 0 Å². The van der Waals surface area contributed by atoms with E-state index >= 15 is 0 Å². The van der Waals surface area contributed by atoms with Crippen molar-refractivity contribution in [1.82, 2.24) is 19.9 Å². The SMILES string of the molecule is Cc1nc(N)ccc1CNC(=O)Cn1c(-c2ccccc2)ncc(NCCc2ccccc2)c1=O. The number of aryl methyl sites for hydroxylation is 1. The Morgan fingerprint density at radius 1 is 1.00 bits per heavy atom. The molecule has 0 fully saturated rings. The quantitative estimate of drug-likeness (QED) is 0.348. The van der Waals surface area contributed by atoms with Crippen LogP contribution in [-0.2, 0) is 24.3 Å². The van der Waals surface area contributed by atoms with Gasteiger partial charge in [0.05, 0.1) is 6.20 Å². The highest BCUT2D eigenvalue weighted by molar-refractivity contribution is 5.76. The maximum absolute atomic E-state index is 13.4.